The first-order valence-corrected chi connectivity index (χ1v) is 7.33. The molecular weight excluding hydrogens is 409 g/mol. The van der Waals surface area contributed by atoms with Crippen molar-refractivity contribution in [3.63, 3.8) is 0 Å². The number of aliphatic hydroxyl groups excluding tert-OH is 1. The Kier molecular flexibility index (Phi) is 6.07. The van der Waals surface area contributed by atoms with Crippen molar-refractivity contribution in [1.82, 2.24) is 0 Å². The Morgan fingerprint density at radius 3 is 2.28 bits per heavy atom. The number of alkyl halides is 4. The Hall–Kier alpha value is 0.780. The summed E-state index contributed by atoms with van der Waals surface area (Å²) < 4.78 is -1.98. The van der Waals surface area contributed by atoms with Crippen molar-refractivity contribution in [3.8, 4) is 0 Å². The summed E-state index contributed by atoms with van der Waals surface area (Å²) in [5.41, 5.74) is 0.177. The summed E-state index contributed by atoms with van der Waals surface area (Å²) in [4.78, 5) is 11.0. The monoisotopic (exact) mass is 412 g/mol. The van der Waals surface area contributed by atoms with E-state index in [2.05, 4.69) is 15.9 Å². The van der Waals surface area contributed by atoms with Gasteiger partial charge in [-0.05, 0) is 18.2 Å². The quantitative estimate of drug-likeness (QED) is 0.576. The number of ketones is 1. The van der Waals surface area contributed by atoms with Crippen molar-refractivity contribution in [2.24, 2.45) is 0 Å². The minimum atomic E-state index is -1.98. The van der Waals surface area contributed by atoms with E-state index in [9.17, 15) is 9.90 Å². The predicted molar refractivity (Wildman–Crippen MR) is 79.8 cm³/mol. The topological polar surface area (TPSA) is 37.3 Å². The molecule has 0 saturated carbocycles. The molecule has 1 rings (SSSR count). The molecule has 0 fully saturated rings. The molecule has 1 aromatic carbocycles. The van der Waals surface area contributed by atoms with Crippen molar-refractivity contribution in [1.29, 1.82) is 0 Å². The minimum Gasteiger partial charge on any atom is -0.387 e. The highest BCUT2D eigenvalue weighted by Crippen LogP contribution is 2.35. The largest absolute Gasteiger partial charge is 0.387 e. The van der Waals surface area contributed by atoms with Crippen LogP contribution < -0.4 is 0 Å². The van der Waals surface area contributed by atoms with Crippen molar-refractivity contribution in [3.05, 3.63) is 33.8 Å². The summed E-state index contributed by atoms with van der Waals surface area (Å²) in [5, 5.41) is 10.3. The molecule has 0 spiro atoms. The van der Waals surface area contributed by atoms with Crippen molar-refractivity contribution < 1.29 is 9.90 Å². The summed E-state index contributed by atoms with van der Waals surface area (Å²) in [5.74, 6) is -0.504. The van der Waals surface area contributed by atoms with Gasteiger partial charge in [0.25, 0.3) is 0 Å². The van der Waals surface area contributed by atoms with E-state index in [-0.39, 0.29) is 10.6 Å². The van der Waals surface area contributed by atoms with Crippen LogP contribution in [0.25, 0.3) is 0 Å². The zero-order valence-electron chi connectivity index (χ0n) is 8.51. The lowest BCUT2D eigenvalue weighted by Crippen LogP contribution is -2.38. The normalized spacial score (nSPS) is 15.3. The van der Waals surface area contributed by atoms with Crippen LogP contribution in [-0.2, 0) is 0 Å². The molecule has 2 nitrogen and oxygen atoms in total. The maximum absolute atomic E-state index is 12.1. The Balaban J connectivity index is 3.00. The second-order valence-electron chi connectivity index (χ2n) is 3.38. The molecule has 0 amide bonds. The average molecular weight is 415 g/mol. The maximum atomic E-state index is 12.1. The third-order valence-electron chi connectivity index (χ3n) is 2.06. The number of carbonyl (C=O) groups is 1. The van der Waals surface area contributed by atoms with E-state index in [1.807, 2.05) is 0 Å². The van der Waals surface area contributed by atoms with Gasteiger partial charge in [0.1, 0.15) is 10.9 Å². The van der Waals surface area contributed by atoms with E-state index < -0.39 is 20.5 Å². The first kappa shape index (κ1) is 16.8. The molecule has 18 heavy (non-hydrogen) atoms. The highest BCUT2D eigenvalue weighted by atomic mass is 79.9. The molecule has 1 N–H and O–H groups in total. The second kappa shape index (κ2) is 6.49. The number of Topliss-reactive ketones (excluding diaryl/α,β-unsaturated/α-hetero) is 1. The summed E-state index contributed by atoms with van der Waals surface area (Å²) in [6.45, 7) is 0. The standard InChI is InChI=1S/C10H6BrCl5O2/c11-7(9(18)10(14,15)16)8(17)5-2-1-4(12)3-6(5)13/h1-3,7,9,18H/t7-,9+/m0/s1. The summed E-state index contributed by atoms with van der Waals surface area (Å²) in [7, 11) is 0. The van der Waals surface area contributed by atoms with Gasteiger partial charge in [-0.2, -0.15) is 0 Å². The number of carbonyl (C=O) groups excluding carboxylic acids is 1. The molecule has 0 saturated heterocycles. The first-order valence-electron chi connectivity index (χ1n) is 4.52. The van der Waals surface area contributed by atoms with Crippen molar-refractivity contribution in [2.45, 2.75) is 14.7 Å². The zero-order chi connectivity index (χ0) is 14.1. The minimum absolute atomic E-state index is 0.161. The van der Waals surface area contributed by atoms with Crippen molar-refractivity contribution >= 4 is 79.7 Å². The molecule has 0 aliphatic rings. The fourth-order valence-corrected chi connectivity index (χ4v) is 3.13. The van der Waals surface area contributed by atoms with Gasteiger partial charge >= 0.3 is 0 Å². The lowest BCUT2D eigenvalue weighted by Gasteiger charge is -2.23. The number of benzene rings is 1. The Bertz CT molecular complexity index is 460. The molecule has 2 atom stereocenters. The van der Waals surface area contributed by atoms with E-state index in [0.29, 0.717) is 5.02 Å². The van der Waals surface area contributed by atoms with Gasteiger partial charge in [-0.1, -0.05) is 73.9 Å². The first-order chi connectivity index (χ1) is 8.14. The molecule has 8 heteroatoms. The lowest BCUT2D eigenvalue weighted by atomic mass is 10.1. The second-order valence-corrected chi connectivity index (χ2v) is 7.58. The Labute approximate surface area is 137 Å². The van der Waals surface area contributed by atoms with Gasteiger partial charge < -0.3 is 5.11 Å². The third kappa shape index (κ3) is 4.14. The highest BCUT2D eigenvalue weighted by molar-refractivity contribution is 9.10. The maximum Gasteiger partial charge on any atom is 0.217 e. The summed E-state index contributed by atoms with van der Waals surface area (Å²) >= 11 is 31.1. The van der Waals surface area contributed by atoms with E-state index in [0.717, 1.165) is 0 Å². The van der Waals surface area contributed by atoms with E-state index in [1.165, 1.54) is 18.2 Å². The Morgan fingerprint density at radius 1 is 1.28 bits per heavy atom. The smallest absolute Gasteiger partial charge is 0.217 e. The van der Waals surface area contributed by atoms with Gasteiger partial charge in [-0.3, -0.25) is 4.79 Å². The summed E-state index contributed by atoms with van der Waals surface area (Å²) in [6, 6.07) is 4.35. The SMILES string of the molecule is O=C(c1ccc(Cl)cc1Cl)[C@H](Br)[C@@H](O)C(Cl)(Cl)Cl. The van der Waals surface area contributed by atoms with Gasteiger partial charge in [0.2, 0.25) is 3.79 Å². The van der Waals surface area contributed by atoms with Gasteiger partial charge in [0.15, 0.2) is 5.78 Å². The van der Waals surface area contributed by atoms with Crippen LogP contribution in [0.5, 0.6) is 0 Å². The van der Waals surface area contributed by atoms with Gasteiger partial charge in [0.05, 0.1) is 5.02 Å². The molecule has 0 radical (unpaired) electrons. The number of hydrogen-bond acceptors (Lipinski definition) is 2. The summed E-state index contributed by atoms with van der Waals surface area (Å²) in [6.07, 6.45) is -1.51. The van der Waals surface area contributed by atoms with Gasteiger partial charge in [0, 0.05) is 10.6 Å². The molecule has 0 aromatic heterocycles. The van der Waals surface area contributed by atoms with Crippen LogP contribution in [0.1, 0.15) is 10.4 Å². The molecular formula is C10H6BrCl5O2. The molecule has 0 heterocycles. The third-order valence-corrected chi connectivity index (χ3v) is 4.19. The number of hydrogen-bond donors (Lipinski definition) is 1. The van der Waals surface area contributed by atoms with Crippen LogP contribution in [0.3, 0.4) is 0 Å². The van der Waals surface area contributed by atoms with Gasteiger partial charge in [-0.15, -0.1) is 0 Å². The molecule has 1 aromatic rings. The fraction of sp³-hybridized carbons (Fsp3) is 0.300. The van der Waals surface area contributed by atoms with E-state index >= 15 is 0 Å². The molecule has 0 aliphatic carbocycles. The van der Waals surface area contributed by atoms with E-state index in [4.69, 9.17) is 58.0 Å². The fourth-order valence-electron chi connectivity index (χ4n) is 1.15. The Morgan fingerprint density at radius 2 is 1.83 bits per heavy atom. The molecule has 0 aliphatic heterocycles. The lowest BCUT2D eigenvalue weighted by molar-refractivity contribution is 0.0906. The van der Waals surface area contributed by atoms with Crippen LogP contribution in [0, 0.1) is 0 Å². The van der Waals surface area contributed by atoms with E-state index in [1.54, 1.807) is 0 Å². The van der Waals surface area contributed by atoms with Gasteiger partial charge in [-0.25, -0.2) is 0 Å². The van der Waals surface area contributed by atoms with Crippen LogP contribution in [0.15, 0.2) is 18.2 Å². The molecule has 100 valence electrons. The zero-order valence-corrected chi connectivity index (χ0v) is 13.9. The molecule has 0 bridgehead atoms. The van der Waals surface area contributed by atoms with Crippen LogP contribution in [-0.4, -0.2) is 25.6 Å². The number of halogens is 6. The van der Waals surface area contributed by atoms with Crippen LogP contribution >= 0.6 is 73.9 Å². The van der Waals surface area contributed by atoms with Crippen LogP contribution in [0.2, 0.25) is 10.0 Å². The van der Waals surface area contributed by atoms with Crippen molar-refractivity contribution in [2.75, 3.05) is 0 Å². The predicted octanol–water partition coefficient (Wildman–Crippen LogP) is 4.67. The molecule has 0 unspecified atom stereocenters. The highest BCUT2D eigenvalue weighted by Gasteiger charge is 2.40. The average Bonchev–Trinajstić information content (AvgIpc) is 2.25. The number of rotatable bonds is 3. The number of aliphatic hydroxyl groups is 1. The van der Waals surface area contributed by atoms with Crippen LogP contribution in [0.4, 0.5) is 0 Å².